The van der Waals surface area contributed by atoms with Gasteiger partial charge in [0, 0.05) is 16.7 Å². The summed E-state index contributed by atoms with van der Waals surface area (Å²) in [6, 6.07) is 11.7. The van der Waals surface area contributed by atoms with Gasteiger partial charge in [0.1, 0.15) is 0 Å². The van der Waals surface area contributed by atoms with Crippen LogP contribution in [0.15, 0.2) is 42.5 Å². The summed E-state index contributed by atoms with van der Waals surface area (Å²) >= 11 is 5.89. The second-order valence-corrected chi connectivity index (χ2v) is 5.01. The molecule has 0 atom stereocenters. The first-order chi connectivity index (χ1) is 11.1. The molecule has 0 saturated carbocycles. The molecule has 3 aromatic rings. The highest BCUT2D eigenvalue weighted by atomic mass is 35.5. The van der Waals surface area contributed by atoms with Gasteiger partial charge in [-0.3, -0.25) is 0 Å². The molecule has 3 rings (SSSR count). The third-order valence-corrected chi connectivity index (χ3v) is 3.37. The van der Waals surface area contributed by atoms with Gasteiger partial charge in [-0.1, -0.05) is 23.7 Å². The van der Waals surface area contributed by atoms with Crippen molar-refractivity contribution < 1.29 is 14.6 Å². The Morgan fingerprint density at radius 1 is 1.17 bits per heavy atom. The Hall–Kier alpha value is -2.93. The molecular formula is C15H11ClN4O3. The fourth-order valence-corrected chi connectivity index (χ4v) is 2.15. The maximum Gasteiger partial charge on any atom is 0.356 e. The molecule has 0 amide bonds. The zero-order chi connectivity index (χ0) is 16.4. The Labute approximate surface area is 136 Å². The lowest BCUT2D eigenvalue weighted by Crippen LogP contribution is -2.05. The molecule has 0 unspecified atom stereocenters. The standard InChI is InChI=1S/C15H11ClN4O3/c1-23-14-7-6-13(17-18-14)20-12(8-11(19-20)15(21)22)9-2-4-10(16)5-3-9/h2-8H,1H3,(H,21,22). The van der Waals surface area contributed by atoms with E-state index in [-0.39, 0.29) is 5.69 Å². The normalized spacial score (nSPS) is 10.5. The van der Waals surface area contributed by atoms with Crippen molar-refractivity contribution in [3.05, 3.63) is 53.2 Å². The molecular weight excluding hydrogens is 320 g/mol. The smallest absolute Gasteiger partial charge is 0.356 e. The van der Waals surface area contributed by atoms with Gasteiger partial charge in [0.15, 0.2) is 11.5 Å². The highest BCUT2D eigenvalue weighted by Crippen LogP contribution is 2.25. The van der Waals surface area contributed by atoms with Crippen molar-refractivity contribution in [3.8, 4) is 23.0 Å². The van der Waals surface area contributed by atoms with E-state index >= 15 is 0 Å². The van der Waals surface area contributed by atoms with Crippen molar-refractivity contribution in [3.63, 3.8) is 0 Å². The first-order valence-corrected chi connectivity index (χ1v) is 6.93. The van der Waals surface area contributed by atoms with Crippen LogP contribution in [0.2, 0.25) is 5.02 Å². The number of hydrogen-bond acceptors (Lipinski definition) is 5. The number of ether oxygens (including phenoxy) is 1. The topological polar surface area (TPSA) is 90.1 Å². The molecule has 0 bridgehead atoms. The van der Waals surface area contributed by atoms with Crippen LogP contribution in [-0.2, 0) is 0 Å². The molecule has 8 heteroatoms. The van der Waals surface area contributed by atoms with Gasteiger partial charge in [0.05, 0.1) is 12.8 Å². The highest BCUT2D eigenvalue weighted by molar-refractivity contribution is 6.30. The zero-order valence-corrected chi connectivity index (χ0v) is 12.7. The fraction of sp³-hybridized carbons (Fsp3) is 0.0667. The van der Waals surface area contributed by atoms with E-state index < -0.39 is 5.97 Å². The number of benzene rings is 1. The molecule has 23 heavy (non-hydrogen) atoms. The summed E-state index contributed by atoms with van der Waals surface area (Å²) < 4.78 is 6.38. The highest BCUT2D eigenvalue weighted by Gasteiger charge is 2.17. The van der Waals surface area contributed by atoms with Gasteiger partial charge in [0.2, 0.25) is 5.88 Å². The van der Waals surface area contributed by atoms with Crippen molar-refractivity contribution in [2.75, 3.05) is 7.11 Å². The van der Waals surface area contributed by atoms with Gasteiger partial charge in [-0.15, -0.1) is 10.2 Å². The van der Waals surface area contributed by atoms with Crippen LogP contribution in [0.4, 0.5) is 0 Å². The number of hydrogen-bond donors (Lipinski definition) is 1. The molecule has 7 nitrogen and oxygen atoms in total. The Bertz CT molecular complexity index is 844. The van der Waals surface area contributed by atoms with Crippen molar-refractivity contribution >= 4 is 17.6 Å². The van der Waals surface area contributed by atoms with Gasteiger partial charge < -0.3 is 9.84 Å². The second-order valence-electron chi connectivity index (χ2n) is 4.57. The van der Waals surface area contributed by atoms with E-state index in [2.05, 4.69) is 15.3 Å². The quantitative estimate of drug-likeness (QED) is 0.791. The molecule has 0 aliphatic rings. The monoisotopic (exact) mass is 330 g/mol. The molecule has 1 aromatic carbocycles. The number of halogens is 1. The molecule has 0 radical (unpaired) electrons. The molecule has 0 spiro atoms. The van der Waals surface area contributed by atoms with E-state index in [1.165, 1.54) is 17.9 Å². The van der Waals surface area contributed by atoms with Crippen molar-refractivity contribution in [1.82, 2.24) is 20.0 Å². The Balaban J connectivity index is 2.13. The van der Waals surface area contributed by atoms with Crippen LogP contribution in [0.3, 0.4) is 0 Å². The molecule has 116 valence electrons. The maximum atomic E-state index is 11.2. The lowest BCUT2D eigenvalue weighted by Gasteiger charge is -2.06. The van der Waals surface area contributed by atoms with Crippen LogP contribution in [-0.4, -0.2) is 38.2 Å². The molecule has 2 heterocycles. The van der Waals surface area contributed by atoms with E-state index in [0.717, 1.165) is 5.56 Å². The summed E-state index contributed by atoms with van der Waals surface area (Å²) in [5.41, 5.74) is 1.23. The van der Waals surface area contributed by atoms with Gasteiger partial charge in [-0.25, -0.2) is 9.48 Å². The van der Waals surface area contributed by atoms with Crippen LogP contribution in [0.5, 0.6) is 5.88 Å². The lowest BCUT2D eigenvalue weighted by atomic mass is 10.1. The van der Waals surface area contributed by atoms with E-state index in [1.54, 1.807) is 36.4 Å². The van der Waals surface area contributed by atoms with Crippen molar-refractivity contribution in [2.24, 2.45) is 0 Å². The second kappa shape index (κ2) is 6.05. The number of aromatic nitrogens is 4. The first-order valence-electron chi connectivity index (χ1n) is 6.56. The molecule has 0 aliphatic carbocycles. The number of carboxylic acid groups (broad SMARTS) is 1. The summed E-state index contributed by atoms with van der Waals surface area (Å²) in [5, 5.41) is 21.7. The largest absolute Gasteiger partial charge is 0.480 e. The Morgan fingerprint density at radius 3 is 2.48 bits per heavy atom. The van der Waals surface area contributed by atoms with Crippen molar-refractivity contribution in [2.45, 2.75) is 0 Å². The molecule has 1 N–H and O–H groups in total. The first kappa shape index (κ1) is 15.0. The van der Waals surface area contributed by atoms with Gasteiger partial charge in [-0.2, -0.15) is 5.10 Å². The lowest BCUT2D eigenvalue weighted by molar-refractivity contribution is 0.0690. The molecule has 0 fully saturated rings. The van der Waals surface area contributed by atoms with Gasteiger partial charge in [0.25, 0.3) is 0 Å². The minimum Gasteiger partial charge on any atom is -0.480 e. The van der Waals surface area contributed by atoms with E-state index in [1.807, 2.05) is 0 Å². The van der Waals surface area contributed by atoms with Crippen LogP contribution in [0.1, 0.15) is 10.5 Å². The maximum absolute atomic E-state index is 11.2. The van der Waals surface area contributed by atoms with Gasteiger partial charge in [-0.05, 0) is 24.3 Å². The average molecular weight is 331 g/mol. The van der Waals surface area contributed by atoms with Crippen LogP contribution in [0, 0.1) is 0 Å². The number of rotatable bonds is 4. The summed E-state index contributed by atoms with van der Waals surface area (Å²) in [6.07, 6.45) is 0. The molecule has 2 aromatic heterocycles. The Kier molecular flexibility index (Phi) is 3.94. The summed E-state index contributed by atoms with van der Waals surface area (Å²) in [4.78, 5) is 11.2. The van der Waals surface area contributed by atoms with Gasteiger partial charge >= 0.3 is 5.97 Å². The SMILES string of the molecule is COc1ccc(-n2nc(C(=O)O)cc2-c2ccc(Cl)cc2)nn1. The average Bonchev–Trinajstić information content (AvgIpc) is 3.01. The summed E-state index contributed by atoms with van der Waals surface area (Å²) in [6.45, 7) is 0. The zero-order valence-electron chi connectivity index (χ0n) is 12.0. The van der Waals surface area contributed by atoms with E-state index in [9.17, 15) is 9.90 Å². The van der Waals surface area contributed by atoms with Crippen LogP contribution < -0.4 is 4.74 Å². The van der Waals surface area contributed by atoms with Crippen LogP contribution in [0.25, 0.3) is 17.1 Å². The molecule has 0 aliphatic heterocycles. The third kappa shape index (κ3) is 3.00. The number of nitrogens with zero attached hydrogens (tertiary/aromatic N) is 4. The minimum atomic E-state index is -1.12. The predicted molar refractivity (Wildman–Crippen MR) is 83.1 cm³/mol. The fourth-order valence-electron chi connectivity index (χ4n) is 2.02. The van der Waals surface area contributed by atoms with E-state index in [0.29, 0.717) is 22.4 Å². The molecule has 0 saturated heterocycles. The predicted octanol–water partition coefficient (Wildman–Crippen LogP) is 2.69. The van der Waals surface area contributed by atoms with Crippen molar-refractivity contribution in [1.29, 1.82) is 0 Å². The number of methoxy groups -OCH3 is 1. The van der Waals surface area contributed by atoms with E-state index in [4.69, 9.17) is 16.3 Å². The summed E-state index contributed by atoms with van der Waals surface area (Å²) in [7, 11) is 1.49. The van der Waals surface area contributed by atoms with Crippen LogP contribution >= 0.6 is 11.6 Å². The third-order valence-electron chi connectivity index (χ3n) is 3.12. The summed E-state index contributed by atoms with van der Waals surface area (Å²) in [5.74, 6) is -0.393. The number of aromatic carboxylic acids is 1. The number of carbonyl (C=O) groups is 1. The Morgan fingerprint density at radius 2 is 1.91 bits per heavy atom. The minimum absolute atomic E-state index is 0.0902. The number of carboxylic acids is 1.